The highest BCUT2D eigenvalue weighted by molar-refractivity contribution is 14.1. The molecule has 0 spiro atoms. The van der Waals surface area contributed by atoms with Crippen LogP contribution >= 0.6 is 22.6 Å². The molecule has 0 aliphatic rings. The zero-order valence-electron chi connectivity index (χ0n) is 15.3. The number of carboxylic acid groups (broad SMARTS) is 1. The summed E-state index contributed by atoms with van der Waals surface area (Å²) in [6.45, 7) is 3.02. The van der Waals surface area contributed by atoms with Crippen molar-refractivity contribution in [1.29, 1.82) is 0 Å². The fourth-order valence-electron chi connectivity index (χ4n) is 2.76. The van der Waals surface area contributed by atoms with E-state index in [2.05, 4.69) is 37.8 Å². The van der Waals surface area contributed by atoms with Gasteiger partial charge in [-0.1, -0.05) is 6.07 Å². The number of rotatable bonds is 8. The number of nitrogen functional groups attached to an aromatic ring is 1. The van der Waals surface area contributed by atoms with E-state index < -0.39 is 5.97 Å². The predicted molar refractivity (Wildman–Crippen MR) is 113 cm³/mol. The Morgan fingerprint density at radius 3 is 2.82 bits per heavy atom. The average molecular weight is 493 g/mol. The molecule has 0 saturated heterocycles. The number of benzene rings is 1. The predicted octanol–water partition coefficient (Wildman–Crippen LogP) is 3.39. The molecule has 3 aromatic rings. The van der Waals surface area contributed by atoms with Crippen LogP contribution in [0.15, 0.2) is 36.4 Å². The number of carboxylic acids is 1. The quantitative estimate of drug-likeness (QED) is 0.365. The van der Waals surface area contributed by atoms with Crippen LogP contribution in [0, 0.1) is 10.5 Å². The van der Waals surface area contributed by atoms with E-state index >= 15 is 0 Å². The van der Waals surface area contributed by atoms with E-state index in [1.807, 2.05) is 29.7 Å². The molecule has 0 bridgehead atoms. The van der Waals surface area contributed by atoms with Crippen LogP contribution in [0.1, 0.15) is 29.0 Å². The van der Waals surface area contributed by atoms with Gasteiger partial charge in [-0.25, -0.2) is 9.78 Å². The molecule has 2 aromatic heterocycles. The van der Waals surface area contributed by atoms with E-state index in [-0.39, 0.29) is 5.56 Å². The van der Waals surface area contributed by atoms with E-state index in [1.165, 1.54) is 0 Å². The Hall–Kier alpha value is -2.69. The zero-order chi connectivity index (χ0) is 20.1. The monoisotopic (exact) mass is 493 g/mol. The van der Waals surface area contributed by atoms with E-state index in [4.69, 9.17) is 10.5 Å². The molecule has 0 radical (unpaired) electrons. The minimum absolute atomic E-state index is 0.177. The number of anilines is 1. The van der Waals surface area contributed by atoms with Crippen LogP contribution in [0.3, 0.4) is 0 Å². The Kier molecular flexibility index (Phi) is 6.45. The van der Waals surface area contributed by atoms with Crippen LogP contribution in [0.25, 0.3) is 11.5 Å². The van der Waals surface area contributed by atoms with Gasteiger partial charge < -0.3 is 20.1 Å². The molecule has 0 unspecified atom stereocenters. The fourth-order valence-corrected chi connectivity index (χ4v) is 3.25. The van der Waals surface area contributed by atoms with Crippen LogP contribution in [-0.2, 0) is 6.54 Å². The summed E-state index contributed by atoms with van der Waals surface area (Å²) in [4.78, 5) is 15.6. The molecule has 0 saturated carbocycles. The maximum Gasteiger partial charge on any atom is 0.339 e. The summed E-state index contributed by atoms with van der Waals surface area (Å²) in [5.74, 6) is 1.30. The molecule has 9 heteroatoms. The summed E-state index contributed by atoms with van der Waals surface area (Å²) >= 11 is 2.08. The standard InChI is InChI=1S/C19H20IN5O3/c1-12-23-24-18(15-5-4-6-17(21)22-15)25(12)9-2-3-10-28-16-8-7-13(20)11-14(16)19(26)27/h4-8,11H,2-3,9-10H2,1H3,(H2,21,22)(H,26,27). The van der Waals surface area contributed by atoms with Crippen LogP contribution in [0.5, 0.6) is 5.75 Å². The van der Waals surface area contributed by atoms with Crippen LogP contribution in [0.2, 0.25) is 0 Å². The second kappa shape index (κ2) is 9.00. The highest BCUT2D eigenvalue weighted by Gasteiger charge is 2.13. The third-order valence-corrected chi connectivity index (χ3v) is 4.81. The van der Waals surface area contributed by atoms with Crippen molar-refractivity contribution in [3.63, 3.8) is 0 Å². The second-order valence-electron chi connectivity index (χ2n) is 6.17. The van der Waals surface area contributed by atoms with Gasteiger partial charge in [0.2, 0.25) is 0 Å². The first-order valence-corrected chi connectivity index (χ1v) is 9.82. The number of unbranched alkanes of at least 4 members (excludes halogenated alkanes) is 1. The zero-order valence-corrected chi connectivity index (χ0v) is 17.5. The van der Waals surface area contributed by atoms with E-state index in [0.717, 1.165) is 22.2 Å². The van der Waals surface area contributed by atoms with Gasteiger partial charge in [-0.2, -0.15) is 0 Å². The molecule has 28 heavy (non-hydrogen) atoms. The number of nitrogens with two attached hydrogens (primary N) is 1. The lowest BCUT2D eigenvalue weighted by molar-refractivity contribution is 0.0692. The number of aromatic nitrogens is 4. The Balaban J connectivity index is 1.58. The Bertz CT molecular complexity index is 989. The van der Waals surface area contributed by atoms with Crippen molar-refractivity contribution < 1.29 is 14.6 Å². The van der Waals surface area contributed by atoms with Gasteiger partial charge in [0.05, 0.1) is 6.61 Å². The van der Waals surface area contributed by atoms with Gasteiger partial charge in [-0.15, -0.1) is 10.2 Å². The molecular weight excluding hydrogens is 473 g/mol. The van der Waals surface area contributed by atoms with E-state index in [9.17, 15) is 9.90 Å². The third kappa shape index (κ3) is 4.77. The number of halogens is 1. The first-order chi connectivity index (χ1) is 13.5. The van der Waals surface area contributed by atoms with Crippen molar-refractivity contribution in [2.45, 2.75) is 26.3 Å². The second-order valence-corrected chi connectivity index (χ2v) is 7.42. The lowest BCUT2D eigenvalue weighted by Crippen LogP contribution is -2.08. The van der Waals surface area contributed by atoms with Crippen LogP contribution in [-0.4, -0.2) is 37.4 Å². The van der Waals surface area contributed by atoms with Gasteiger partial charge in [0, 0.05) is 10.1 Å². The molecule has 0 aliphatic heterocycles. The van der Waals surface area contributed by atoms with Crippen molar-refractivity contribution in [3.05, 3.63) is 51.4 Å². The molecule has 0 aliphatic carbocycles. The van der Waals surface area contributed by atoms with Gasteiger partial charge in [-0.05, 0) is 72.7 Å². The number of ether oxygens (including phenoxy) is 1. The number of carbonyl (C=O) groups is 1. The summed E-state index contributed by atoms with van der Waals surface area (Å²) in [6.07, 6.45) is 1.58. The van der Waals surface area contributed by atoms with Gasteiger partial charge in [-0.3, -0.25) is 0 Å². The molecule has 146 valence electrons. The Morgan fingerprint density at radius 1 is 1.25 bits per heavy atom. The van der Waals surface area contributed by atoms with Crippen molar-refractivity contribution in [1.82, 2.24) is 19.7 Å². The summed E-state index contributed by atoms with van der Waals surface area (Å²) in [6, 6.07) is 10.5. The first-order valence-electron chi connectivity index (χ1n) is 8.74. The van der Waals surface area contributed by atoms with Gasteiger partial charge in [0.25, 0.3) is 0 Å². The first kappa shape index (κ1) is 20.1. The number of hydrogen-bond acceptors (Lipinski definition) is 6. The van der Waals surface area contributed by atoms with Crippen molar-refractivity contribution in [2.75, 3.05) is 12.3 Å². The van der Waals surface area contributed by atoms with E-state index in [1.54, 1.807) is 18.2 Å². The van der Waals surface area contributed by atoms with Gasteiger partial charge in [0.15, 0.2) is 5.82 Å². The summed E-state index contributed by atoms with van der Waals surface area (Å²) < 4.78 is 8.53. The summed E-state index contributed by atoms with van der Waals surface area (Å²) in [5.41, 5.74) is 6.62. The largest absolute Gasteiger partial charge is 0.493 e. The number of pyridine rings is 1. The smallest absolute Gasteiger partial charge is 0.339 e. The van der Waals surface area contributed by atoms with Crippen LogP contribution in [0.4, 0.5) is 5.82 Å². The average Bonchev–Trinajstić information content (AvgIpc) is 3.03. The SMILES string of the molecule is Cc1nnc(-c2cccc(N)n2)n1CCCCOc1ccc(I)cc1C(=O)O. The Morgan fingerprint density at radius 2 is 2.07 bits per heavy atom. The number of aromatic carboxylic acids is 1. The molecule has 0 atom stereocenters. The molecule has 0 amide bonds. The lowest BCUT2D eigenvalue weighted by atomic mass is 10.2. The van der Waals surface area contributed by atoms with E-state index in [0.29, 0.717) is 36.2 Å². The topological polar surface area (TPSA) is 116 Å². The van der Waals surface area contributed by atoms with Crippen LogP contribution < -0.4 is 10.5 Å². The molecular formula is C19H20IN5O3. The summed E-state index contributed by atoms with van der Waals surface area (Å²) in [5, 5.41) is 17.6. The minimum atomic E-state index is -0.993. The van der Waals surface area contributed by atoms with Gasteiger partial charge in [0.1, 0.15) is 28.6 Å². The molecule has 8 nitrogen and oxygen atoms in total. The Labute approximate surface area is 175 Å². The molecule has 3 N–H and O–H groups in total. The molecule has 0 fully saturated rings. The van der Waals surface area contributed by atoms with Crippen molar-refractivity contribution in [3.8, 4) is 17.3 Å². The minimum Gasteiger partial charge on any atom is -0.493 e. The highest BCUT2D eigenvalue weighted by Crippen LogP contribution is 2.22. The highest BCUT2D eigenvalue weighted by atomic mass is 127. The number of hydrogen-bond donors (Lipinski definition) is 2. The normalized spacial score (nSPS) is 10.8. The van der Waals surface area contributed by atoms with Gasteiger partial charge >= 0.3 is 5.97 Å². The number of nitrogens with zero attached hydrogens (tertiary/aromatic N) is 4. The van der Waals surface area contributed by atoms with Crippen molar-refractivity contribution >= 4 is 34.4 Å². The lowest BCUT2D eigenvalue weighted by Gasteiger charge is -2.11. The number of aryl methyl sites for hydroxylation is 1. The molecule has 1 aromatic carbocycles. The maximum atomic E-state index is 11.3. The maximum absolute atomic E-state index is 11.3. The molecule has 3 rings (SSSR count). The molecule has 2 heterocycles. The fraction of sp³-hybridized carbons (Fsp3) is 0.263. The van der Waals surface area contributed by atoms with Crippen molar-refractivity contribution in [2.24, 2.45) is 0 Å². The third-order valence-electron chi connectivity index (χ3n) is 4.14. The summed E-state index contributed by atoms with van der Waals surface area (Å²) in [7, 11) is 0.